The summed E-state index contributed by atoms with van der Waals surface area (Å²) in [5.74, 6) is -0.738. The summed E-state index contributed by atoms with van der Waals surface area (Å²) in [7, 11) is 0. The Bertz CT molecular complexity index is 422. The standard InChI is InChI=1S/C11H13BrO2S/c1-5-4-6(12)9(15-5)7-8(10(13)14)11(7,2)3/h4,7-8H,1-3H3,(H,13,14)/t7-,8-/m0/s1. The molecule has 4 heteroatoms. The number of aliphatic carboxylic acids is 1. The molecule has 2 nitrogen and oxygen atoms in total. The molecule has 1 saturated carbocycles. The normalized spacial score (nSPS) is 27.7. The van der Waals surface area contributed by atoms with Crippen LogP contribution in [0.4, 0.5) is 0 Å². The zero-order valence-electron chi connectivity index (χ0n) is 8.87. The van der Waals surface area contributed by atoms with Gasteiger partial charge in [0.05, 0.1) is 5.92 Å². The van der Waals surface area contributed by atoms with E-state index in [0.717, 1.165) is 4.47 Å². The average molecular weight is 289 g/mol. The number of hydrogen-bond acceptors (Lipinski definition) is 2. The van der Waals surface area contributed by atoms with Gasteiger partial charge in [-0.15, -0.1) is 11.3 Å². The van der Waals surface area contributed by atoms with Gasteiger partial charge in [0.25, 0.3) is 0 Å². The molecule has 0 aromatic carbocycles. The third kappa shape index (κ3) is 1.64. The maximum absolute atomic E-state index is 11.1. The fraction of sp³-hybridized carbons (Fsp3) is 0.545. The van der Waals surface area contributed by atoms with Crippen LogP contribution in [0.15, 0.2) is 10.5 Å². The highest BCUT2D eigenvalue weighted by Gasteiger charge is 2.63. The highest BCUT2D eigenvalue weighted by Crippen LogP contribution is 2.66. The summed E-state index contributed by atoms with van der Waals surface area (Å²) in [6.07, 6.45) is 0. The maximum Gasteiger partial charge on any atom is 0.307 e. The molecule has 82 valence electrons. The van der Waals surface area contributed by atoms with Crippen molar-refractivity contribution in [2.24, 2.45) is 11.3 Å². The number of hydrogen-bond donors (Lipinski definition) is 1. The fourth-order valence-electron chi connectivity index (χ4n) is 2.30. The van der Waals surface area contributed by atoms with Gasteiger partial charge in [0.2, 0.25) is 0 Å². The van der Waals surface area contributed by atoms with E-state index in [9.17, 15) is 4.79 Å². The van der Waals surface area contributed by atoms with Gasteiger partial charge in [-0.2, -0.15) is 0 Å². The van der Waals surface area contributed by atoms with Crippen LogP contribution in [0.25, 0.3) is 0 Å². The highest BCUT2D eigenvalue weighted by atomic mass is 79.9. The molecule has 15 heavy (non-hydrogen) atoms. The Kier molecular flexibility index (Phi) is 2.47. The van der Waals surface area contributed by atoms with Gasteiger partial charge in [0.1, 0.15) is 0 Å². The zero-order chi connectivity index (χ0) is 11.4. The summed E-state index contributed by atoms with van der Waals surface area (Å²) >= 11 is 5.20. The first-order valence-electron chi connectivity index (χ1n) is 4.84. The quantitative estimate of drug-likeness (QED) is 0.902. The van der Waals surface area contributed by atoms with E-state index in [2.05, 4.69) is 22.0 Å². The molecule has 0 amide bonds. The first-order chi connectivity index (χ1) is 6.85. The van der Waals surface area contributed by atoms with E-state index in [1.165, 1.54) is 9.75 Å². The molecular formula is C11H13BrO2S. The monoisotopic (exact) mass is 288 g/mol. The van der Waals surface area contributed by atoms with Crippen molar-refractivity contribution in [3.05, 3.63) is 20.3 Å². The van der Waals surface area contributed by atoms with Gasteiger partial charge in [0, 0.05) is 20.1 Å². The van der Waals surface area contributed by atoms with E-state index in [1.54, 1.807) is 11.3 Å². The van der Waals surface area contributed by atoms with Crippen molar-refractivity contribution in [2.45, 2.75) is 26.7 Å². The number of aryl methyl sites for hydroxylation is 1. The molecule has 0 spiro atoms. The molecule has 0 bridgehead atoms. The Balaban J connectivity index is 2.35. The number of carboxylic acids is 1. The topological polar surface area (TPSA) is 37.3 Å². The van der Waals surface area contributed by atoms with Gasteiger partial charge < -0.3 is 5.11 Å². The minimum atomic E-state index is -0.678. The Morgan fingerprint density at radius 3 is 2.53 bits per heavy atom. The number of carbonyl (C=O) groups is 1. The van der Waals surface area contributed by atoms with Crippen molar-refractivity contribution in [3.8, 4) is 0 Å². The van der Waals surface area contributed by atoms with Gasteiger partial charge in [-0.05, 0) is 34.3 Å². The van der Waals surface area contributed by atoms with E-state index < -0.39 is 5.97 Å². The van der Waals surface area contributed by atoms with Crippen LogP contribution < -0.4 is 0 Å². The van der Waals surface area contributed by atoms with Gasteiger partial charge in [-0.3, -0.25) is 4.79 Å². The van der Waals surface area contributed by atoms with Crippen molar-refractivity contribution >= 4 is 33.2 Å². The van der Waals surface area contributed by atoms with Crippen molar-refractivity contribution < 1.29 is 9.90 Å². The molecule has 1 N–H and O–H groups in total. The summed E-state index contributed by atoms with van der Waals surface area (Å²) in [5, 5.41) is 9.11. The molecule has 2 rings (SSSR count). The molecule has 0 aliphatic heterocycles. The Hall–Kier alpha value is -0.350. The molecule has 0 radical (unpaired) electrons. The summed E-state index contributed by atoms with van der Waals surface area (Å²) in [5.41, 5.74) is -0.106. The highest BCUT2D eigenvalue weighted by molar-refractivity contribution is 9.10. The third-order valence-electron chi connectivity index (χ3n) is 3.21. The molecule has 0 saturated heterocycles. The Morgan fingerprint density at radius 2 is 2.20 bits per heavy atom. The van der Waals surface area contributed by atoms with E-state index >= 15 is 0 Å². The predicted octanol–water partition coefficient (Wildman–Crippen LogP) is 3.64. The van der Waals surface area contributed by atoms with Crippen LogP contribution in [-0.4, -0.2) is 11.1 Å². The van der Waals surface area contributed by atoms with Gasteiger partial charge in [-0.25, -0.2) is 0 Å². The smallest absolute Gasteiger partial charge is 0.307 e. The predicted molar refractivity (Wildman–Crippen MR) is 64.4 cm³/mol. The van der Waals surface area contributed by atoms with Gasteiger partial charge in [0.15, 0.2) is 0 Å². The van der Waals surface area contributed by atoms with Crippen LogP contribution >= 0.6 is 27.3 Å². The second-order valence-electron chi connectivity index (χ2n) is 4.68. The number of halogens is 1. The van der Waals surface area contributed by atoms with Crippen LogP contribution in [-0.2, 0) is 4.79 Å². The SMILES string of the molecule is Cc1cc(Br)c([C@@H]2[C@@H](C(=O)O)C2(C)C)s1. The number of rotatable bonds is 2. The average Bonchev–Trinajstić information content (AvgIpc) is 2.48. The van der Waals surface area contributed by atoms with Crippen LogP contribution in [0.3, 0.4) is 0 Å². The molecular weight excluding hydrogens is 276 g/mol. The van der Waals surface area contributed by atoms with Crippen LogP contribution in [0.2, 0.25) is 0 Å². The van der Waals surface area contributed by atoms with E-state index in [4.69, 9.17) is 5.11 Å². The molecule has 1 aliphatic carbocycles. The first-order valence-corrected chi connectivity index (χ1v) is 6.45. The van der Waals surface area contributed by atoms with E-state index in [-0.39, 0.29) is 17.3 Å². The van der Waals surface area contributed by atoms with Crippen LogP contribution in [0, 0.1) is 18.3 Å². The third-order valence-corrected chi connectivity index (χ3v) is 5.26. The molecule has 1 fully saturated rings. The second kappa shape index (κ2) is 3.32. The molecule has 2 atom stereocenters. The summed E-state index contributed by atoms with van der Waals surface area (Å²) in [6, 6.07) is 2.06. The van der Waals surface area contributed by atoms with E-state index in [1.807, 2.05) is 20.8 Å². The van der Waals surface area contributed by atoms with Crippen LogP contribution in [0.1, 0.15) is 29.5 Å². The molecule has 1 aliphatic rings. The lowest BCUT2D eigenvalue weighted by Crippen LogP contribution is -2.02. The Morgan fingerprint density at radius 1 is 1.60 bits per heavy atom. The van der Waals surface area contributed by atoms with Crippen molar-refractivity contribution in [3.63, 3.8) is 0 Å². The van der Waals surface area contributed by atoms with E-state index in [0.29, 0.717) is 0 Å². The summed E-state index contributed by atoms with van der Waals surface area (Å²) in [6.45, 7) is 6.10. The molecule has 0 unspecified atom stereocenters. The van der Waals surface area contributed by atoms with Crippen molar-refractivity contribution in [1.29, 1.82) is 0 Å². The van der Waals surface area contributed by atoms with Gasteiger partial charge in [-0.1, -0.05) is 13.8 Å². The molecule has 1 aromatic heterocycles. The minimum absolute atomic E-state index is 0.106. The lowest BCUT2D eigenvalue weighted by molar-refractivity contribution is -0.139. The second-order valence-corrected chi connectivity index (χ2v) is 6.83. The Labute approximate surface area is 101 Å². The zero-order valence-corrected chi connectivity index (χ0v) is 11.3. The van der Waals surface area contributed by atoms with Gasteiger partial charge >= 0.3 is 5.97 Å². The minimum Gasteiger partial charge on any atom is -0.481 e. The largest absolute Gasteiger partial charge is 0.481 e. The summed E-state index contributed by atoms with van der Waals surface area (Å²) in [4.78, 5) is 13.5. The maximum atomic E-state index is 11.1. The molecule has 1 heterocycles. The lowest BCUT2D eigenvalue weighted by Gasteiger charge is -1.99. The first kappa shape index (κ1) is 11.1. The van der Waals surface area contributed by atoms with Crippen molar-refractivity contribution in [2.75, 3.05) is 0 Å². The fourth-order valence-corrected chi connectivity index (χ4v) is 4.53. The summed E-state index contributed by atoms with van der Waals surface area (Å²) < 4.78 is 1.06. The number of carboxylic acid groups (broad SMARTS) is 1. The van der Waals surface area contributed by atoms with Crippen molar-refractivity contribution in [1.82, 2.24) is 0 Å². The van der Waals surface area contributed by atoms with Crippen LogP contribution in [0.5, 0.6) is 0 Å². The molecule has 1 aromatic rings. The lowest BCUT2D eigenvalue weighted by atomic mass is 10.1. The number of thiophene rings is 1.